The zero-order valence-corrected chi connectivity index (χ0v) is 10.7. The number of nitrogens with one attached hydrogen (secondary N) is 1. The zero-order chi connectivity index (χ0) is 11.4. The van der Waals surface area contributed by atoms with Crippen molar-refractivity contribution in [3.8, 4) is 5.75 Å². The van der Waals surface area contributed by atoms with Crippen LogP contribution in [0.5, 0.6) is 5.75 Å². The molecule has 1 aromatic carbocycles. The van der Waals surface area contributed by atoms with Gasteiger partial charge in [0.1, 0.15) is 11.6 Å². The van der Waals surface area contributed by atoms with E-state index in [4.69, 9.17) is 4.74 Å². The Morgan fingerprint density at radius 3 is 2.67 bits per heavy atom. The molecule has 0 amide bonds. The lowest BCUT2D eigenvalue weighted by molar-refractivity contribution is 0.236. The minimum atomic E-state index is -0.247. The normalized spacial score (nSPS) is 10.8. The fourth-order valence-corrected chi connectivity index (χ4v) is 1.74. The molecule has 0 atom stereocenters. The van der Waals surface area contributed by atoms with Crippen molar-refractivity contribution in [3.63, 3.8) is 0 Å². The van der Waals surface area contributed by atoms with Crippen LogP contribution in [0.25, 0.3) is 0 Å². The molecule has 0 saturated heterocycles. The van der Waals surface area contributed by atoms with E-state index in [9.17, 15) is 4.39 Å². The molecule has 84 valence electrons. The number of benzene rings is 1. The van der Waals surface area contributed by atoms with E-state index in [0.29, 0.717) is 17.9 Å². The molecule has 0 bridgehead atoms. The van der Waals surface area contributed by atoms with Gasteiger partial charge in [-0.2, -0.15) is 0 Å². The fraction of sp³-hybridized carbons (Fsp3) is 0.455. The van der Waals surface area contributed by atoms with Crippen LogP contribution in [0.2, 0.25) is 0 Å². The first kappa shape index (κ1) is 12.5. The highest BCUT2D eigenvalue weighted by Crippen LogP contribution is 2.31. The number of rotatable bonds is 4. The first-order valence-electron chi connectivity index (χ1n) is 4.84. The van der Waals surface area contributed by atoms with E-state index in [1.807, 2.05) is 13.8 Å². The summed E-state index contributed by atoms with van der Waals surface area (Å²) >= 11 is 3.36. The number of ether oxygens (including phenoxy) is 1. The second kappa shape index (κ2) is 5.47. The summed E-state index contributed by atoms with van der Waals surface area (Å²) < 4.78 is 19.9. The molecule has 0 heterocycles. The maximum Gasteiger partial charge on any atom is 0.141 e. The van der Waals surface area contributed by atoms with Crippen molar-refractivity contribution in [1.82, 2.24) is 5.32 Å². The number of halogens is 2. The zero-order valence-electron chi connectivity index (χ0n) is 9.10. The molecule has 2 nitrogen and oxygen atoms in total. The average molecular weight is 276 g/mol. The fourth-order valence-electron chi connectivity index (χ4n) is 1.28. The lowest BCUT2D eigenvalue weighted by Crippen LogP contribution is -2.13. The summed E-state index contributed by atoms with van der Waals surface area (Å²) in [5, 5.41) is 2.92. The largest absolute Gasteiger partial charge is 0.489 e. The van der Waals surface area contributed by atoms with Gasteiger partial charge in [-0.05, 0) is 49.0 Å². The first-order valence-corrected chi connectivity index (χ1v) is 5.63. The minimum Gasteiger partial charge on any atom is -0.489 e. The Bertz CT molecular complexity index is 342. The molecule has 0 aliphatic rings. The van der Waals surface area contributed by atoms with Gasteiger partial charge in [0.25, 0.3) is 0 Å². The molecule has 0 fully saturated rings. The molecule has 0 unspecified atom stereocenters. The second-order valence-electron chi connectivity index (χ2n) is 3.53. The third-order valence-electron chi connectivity index (χ3n) is 1.86. The van der Waals surface area contributed by atoms with E-state index < -0.39 is 0 Å². The lowest BCUT2D eigenvalue weighted by Gasteiger charge is -2.16. The highest BCUT2D eigenvalue weighted by molar-refractivity contribution is 9.10. The molecular weight excluding hydrogens is 261 g/mol. The van der Waals surface area contributed by atoms with Crippen LogP contribution < -0.4 is 10.1 Å². The predicted octanol–water partition coefficient (Wildman–Crippen LogP) is 3.09. The van der Waals surface area contributed by atoms with Gasteiger partial charge in [-0.25, -0.2) is 4.39 Å². The van der Waals surface area contributed by atoms with Crippen molar-refractivity contribution in [3.05, 3.63) is 28.0 Å². The molecular formula is C11H15BrFNO. The maximum atomic E-state index is 13.5. The van der Waals surface area contributed by atoms with Gasteiger partial charge in [0, 0.05) is 12.1 Å². The molecule has 0 saturated carbocycles. The molecule has 4 heteroatoms. The van der Waals surface area contributed by atoms with E-state index in [1.54, 1.807) is 13.1 Å². The molecule has 1 aromatic rings. The van der Waals surface area contributed by atoms with Gasteiger partial charge >= 0.3 is 0 Å². The van der Waals surface area contributed by atoms with Crippen molar-refractivity contribution in [2.75, 3.05) is 7.05 Å². The summed E-state index contributed by atoms with van der Waals surface area (Å²) in [5.74, 6) is 0.336. The van der Waals surface area contributed by atoms with Crippen LogP contribution >= 0.6 is 15.9 Å². The Kier molecular flexibility index (Phi) is 4.54. The van der Waals surface area contributed by atoms with Crippen molar-refractivity contribution in [2.24, 2.45) is 0 Å². The minimum absolute atomic E-state index is 0.0266. The van der Waals surface area contributed by atoms with Crippen molar-refractivity contribution >= 4 is 15.9 Å². The Morgan fingerprint density at radius 2 is 2.13 bits per heavy atom. The molecule has 0 spiro atoms. The van der Waals surface area contributed by atoms with E-state index in [-0.39, 0.29) is 11.9 Å². The van der Waals surface area contributed by atoms with Gasteiger partial charge < -0.3 is 10.1 Å². The quantitative estimate of drug-likeness (QED) is 0.912. The Hall–Kier alpha value is -0.610. The van der Waals surface area contributed by atoms with Crippen molar-refractivity contribution < 1.29 is 9.13 Å². The number of hydrogen-bond donors (Lipinski definition) is 1. The predicted molar refractivity (Wildman–Crippen MR) is 62.6 cm³/mol. The van der Waals surface area contributed by atoms with Crippen LogP contribution in [-0.4, -0.2) is 13.2 Å². The topological polar surface area (TPSA) is 21.3 Å². The molecule has 15 heavy (non-hydrogen) atoms. The van der Waals surface area contributed by atoms with E-state index >= 15 is 0 Å². The molecule has 0 aliphatic heterocycles. The summed E-state index contributed by atoms with van der Waals surface area (Å²) in [4.78, 5) is 0. The first-order chi connectivity index (χ1) is 7.06. The van der Waals surface area contributed by atoms with E-state index in [0.717, 1.165) is 4.47 Å². The van der Waals surface area contributed by atoms with Crippen LogP contribution in [0.3, 0.4) is 0 Å². The second-order valence-corrected chi connectivity index (χ2v) is 4.39. The van der Waals surface area contributed by atoms with Gasteiger partial charge in [-0.15, -0.1) is 0 Å². The average Bonchev–Trinajstić information content (AvgIpc) is 2.17. The Morgan fingerprint density at radius 1 is 1.47 bits per heavy atom. The Balaban J connectivity index is 3.12. The van der Waals surface area contributed by atoms with Crippen LogP contribution in [-0.2, 0) is 6.54 Å². The summed E-state index contributed by atoms with van der Waals surface area (Å²) in [7, 11) is 1.78. The van der Waals surface area contributed by atoms with Gasteiger partial charge in [0.2, 0.25) is 0 Å². The Labute approximate surface area is 98.0 Å². The van der Waals surface area contributed by atoms with E-state index in [1.165, 1.54) is 6.07 Å². The third kappa shape index (κ3) is 3.18. The molecule has 0 aromatic heterocycles. The molecule has 1 rings (SSSR count). The molecule has 1 N–H and O–H groups in total. The lowest BCUT2D eigenvalue weighted by atomic mass is 10.2. The highest BCUT2D eigenvalue weighted by atomic mass is 79.9. The monoisotopic (exact) mass is 275 g/mol. The van der Waals surface area contributed by atoms with Crippen LogP contribution in [0.4, 0.5) is 4.39 Å². The molecule has 0 radical (unpaired) electrons. The maximum absolute atomic E-state index is 13.5. The van der Waals surface area contributed by atoms with Gasteiger partial charge in [-0.1, -0.05) is 0 Å². The summed E-state index contributed by atoms with van der Waals surface area (Å²) in [6.45, 7) is 4.29. The third-order valence-corrected chi connectivity index (χ3v) is 2.49. The molecule has 0 aliphatic carbocycles. The van der Waals surface area contributed by atoms with Crippen molar-refractivity contribution in [2.45, 2.75) is 26.5 Å². The summed E-state index contributed by atoms with van der Waals surface area (Å²) in [5.41, 5.74) is 0.556. The van der Waals surface area contributed by atoms with Crippen LogP contribution in [0, 0.1) is 5.82 Å². The van der Waals surface area contributed by atoms with Crippen LogP contribution in [0.1, 0.15) is 19.4 Å². The standard InChI is InChI=1S/C11H15BrFNO/c1-7(2)15-11-8(6-14-3)10(13)5-4-9(11)12/h4-5,7,14H,6H2,1-3H3. The van der Waals surface area contributed by atoms with Crippen LogP contribution in [0.15, 0.2) is 16.6 Å². The van der Waals surface area contributed by atoms with E-state index in [2.05, 4.69) is 21.2 Å². The van der Waals surface area contributed by atoms with Gasteiger partial charge in [-0.3, -0.25) is 0 Å². The summed E-state index contributed by atoms with van der Waals surface area (Å²) in [6.07, 6.45) is 0.0266. The highest BCUT2D eigenvalue weighted by Gasteiger charge is 2.14. The SMILES string of the molecule is CNCc1c(F)ccc(Br)c1OC(C)C. The van der Waals surface area contributed by atoms with Gasteiger partial charge in [0.15, 0.2) is 0 Å². The number of hydrogen-bond acceptors (Lipinski definition) is 2. The van der Waals surface area contributed by atoms with Crippen molar-refractivity contribution in [1.29, 1.82) is 0 Å². The smallest absolute Gasteiger partial charge is 0.141 e. The van der Waals surface area contributed by atoms with Gasteiger partial charge in [0.05, 0.1) is 10.6 Å². The summed E-state index contributed by atoms with van der Waals surface area (Å²) in [6, 6.07) is 3.09.